The van der Waals surface area contributed by atoms with Gasteiger partial charge in [-0.2, -0.15) is 5.26 Å². The van der Waals surface area contributed by atoms with Crippen LogP contribution in [0, 0.1) is 11.3 Å². The number of hydrogen-bond acceptors (Lipinski definition) is 3. The zero-order valence-corrected chi connectivity index (χ0v) is 16.0. The molecule has 0 spiro atoms. The minimum absolute atomic E-state index is 0.0539. The normalized spacial score (nSPS) is 11.9. The van der Waals surface area contributed by atoms with Crippen LogP contribution in [-0.4, -0.2) is 5.91 Å². The van der Waals surface area contributed by atoms with Crippen molar-refractivity contribution >= 4 is 22.2 Å². The Morgan fingerprint density at radius 2 is 1.62 bits per heavy atom. The number of anilines is 1. The van der Waals surface area contributed by atoms with Crippen molar-refractivity contribution in [3.05, 3.63) is 51.9 Å². The third kappa shape index (κ3) is 3.85. The fourth-order valence-corrected chi connectivity index (χ4v) is 3.54. The van der Waals surface area contributed by atoms with Crippen molar-refractivity contribution in [3.8, 4) is 6.07 Å². The number of benzene rings is 1. The largest absolute Gasteiger partial charge is 0.312 e. The van der Waals surface area contributed by atoms with E-state index in [1.807, 2.05) is 29.6 Å². The zero-order chi connectivity index (χ0) is 18.1. The molecule has 0 saturated heterocycles. The van der Waals surface area contributed by atoms with E-state index in [1.165, 1.54) is 16.9 Å². The number of carbonyl (C=O) groups is 1. The number of rotatable bonds is 2. The van der Waals surface area contributed by atoms with E-state index in [9.17, 15) is 10.1 Å². The van der Waals surface area contributed by atoms with Gasteiger partial charge in [0, 0.05) is 5.56 Å². The second-order valence-corrected chi connectivity index (χ2v) is 8.88. The number of amides is 1. The summed E-state index contributed by atoms with van der Waals surface area (Å²) in [5.41, 5.74) is 3.23. The first-order chi connectivity index (χ1) is 11.0. The molecule has 0 radical (unpaired) electrons. The van der Waals surface area contributed by atoms with E-state index in [0.717, 1.165) is 5.56 Å². The molecule has 4 heteroatoms. The van der Waals surface area contributed by atoms with E-state index in [-0.39, 0.29) is 16.7 Å². The molecule has 126 valence electrons. The lowest BCUT2D eigenvalue weighted by Crippen LogP contribution is -2.15. The predicted octanol–water partition coefficient (Wildman–Crippen LogP) is 5.47. The lowest BCUT2D eigenvalue weighted by molar-refractivity contribution is 0.102. The molecular formula is C20H24N2OS. The smallest absolute Gasteiger partial charge is 0.256 e. The monoisotopic (exact) mass is 340 g/mol. The molecule has 1 aromatic carbocycles. The molecule has 0 aliphatic rings. The summed E-state index contributed by atoms with van der Waals surface area (Å²) in [6, 6.07) is 9.86. The first-order valence-corrected chi connectivity index (χ1v) is 8.86. The van der Waals surface area contributed by atoms with Crippen molar-refractivity contribution in [2.75, 3.05) is 5.32 Å². The fourth-order valence-electron chi connectivity index (χ4n) is 2.41. The van der Waals surface area contributed by atoms with Gasteiger partial charge < -0.3 is 5.32 Å². The highest BCUT2D eigenvalue weighted by Crippen LogP contribution is 2.35. The summed E-state index contributed by atoms with van der Waals surface area (Å²) in [6.45, 7) is 12.6. The average molecular weight is 340 g/mol. The minimum atomic E-state index is -0.186. The van der Waals surface area contributed by atoms with Crippen LogP contribution in [0.15, 0.2) is 29.6 Å². The minimum Gasteiger partial charge on any atom is -0.312 e. The van der Waals surface area contributed by atoms with Crippen LogP contribution in [-0.2, 0) is 10.8 Å². The number of hydrogen-bond donors (Lipinski definition) is 1. The lowest BCUT2D eigenvalue weighted by Gasteiger charge is -2.19. The quantitative estimate of drug-likeness (QED) is 0.788. The van der Waals surface area contributed by atoms with Gasteiger partial charge in [-0.1, -0.05) is 53.7 Å². The van der Waals surface area contributed by atoms with Crippen LogP contribution >= 0.6 is 11.3 Å². The van der Waals surface area contributed by atoms with Crippen LogP contribution in [0.25, 0.3) is 0 Å². The Balaban J connectivity index is 2.25. The molecule has 1 heterocycles. The SMILES string of the molecule is CC(C)(C)c1ccc(C(=O)Nc2scc(C(C)(C)C)c2C#N)cc1. The molecule has 0 atom stereocenters. The first-order valence-electron chi connectivity index (χ1n) is 7.98. The molecule has 1 N–H and O–H groups in total. The van der Waals surface area contributed by atoms with E-state index in [4.69, 9.17) is 0 Å². The molecule has 2 aromatic rings. The van der Waals surface area contributed by atoms with Crippen LogP contribution in [0.1, 0.15) is 68.6 Å². The Kier molecular flexibility index (Phi) is 4.87. The number of thiophene rings is 1. The Bertz CT molecular complexity index is 781. The topological polar surface area (TPSA) is 52.9 Å². The summed E-state index contributed by atoms with van der Waals surface area (Å²) in [5.74, 6) is -0.186. The highest BCUT2D eigenvalue weighted by atomic mass is 32.1. The molecule has 3 nitrogen and oxygen atoms in total. The summed E-state index contributed by atoms with van der Waals surface area (Å²) in [4.78, 5) is 12.5. The summed E-state index contributed by atoms with van der Waals surface area (Å²) >= 11 is 1.40. The molecular weight excluding hydrogens is 316 g/mol. The van der Waals surface area contributed by atoms with Gasteiger partial charge in [0.05, 0.1) is 5.56 Å². The number of nitriles is 1. The molecule has 0 aliphatic heterocycles. The van der Waals surface area contributed by atoms with Crippen LogP contribution in [0.3, 0.4) is 0 Å². The van der Waals surface area contributed by atoms with Gasteiger partial charge in [0.1, 0.15) is 11.1 Å². The van der Waals surface area contributed by atoms with E-state index in [2.05, 4.69) is 52.9 Å². The number of carbonyl (C=O) groups excluding carboxylic acids is 1. The highest BCUT2D eigenvalue weighted by Gasteiger charge is 2.23. The first kappa shape index (κ1) is 18.2. The summed E-state index contributed by atoms with van der Waals surface area (Å²) in [5, 5.41) is 14.9. The molecule has 0 bridgehead atoms. The van der Waals surface area contributed by atoms with Gasteiger partial charge in [-0.3, -0.25) is 4.79 Å². The lowest BCUT2D eigenvalue weighted by atomic mass is 9.86. The molecule has 2 rings (SSSR count). The maximum Gasteiger partial charge on any atom is 0.256 e. The number of nitrogens with zero attached hydrogens (tertiary/aromatic N) is 1. The Hall–Kier alpha value is -2.12. The summed E-state index contributed by atoms with van der Waals surface area (Å²) in [6.07, 6.45) is 0. The molecule has 24 heavy (non-hydrogen) atoms. The van der Waals surface area contributed by atoms with Crippen molar-refractivity contribution in [2.24, 2.45) is 0 Å². The van der Waals surface area contributed by atoms with Crippen LogP contribution in [0.4, 0.5) is 5.00 Å². The van der Waals surface area contributed by atoms with E-state index in [0.29, 0.717) is 16.1 Å². The van der Waals surface area contributed by atoms with Crippen molar-refractivity contribution in [3.63, 3.8) is 0 Å². The number of nitrogens with one attached hydrogen (secondary N) is 1. The maximum atomic E-state index is 12.5. The van der Waals surface area contributed by atoms with Crippen LogP contribution < -0.4 is 5.32 Å². The molecule has 1 amide bonds. The molecule has 1 aromatic heterocycles. The van der Waals surface area contributed by atoms with Gasteiger partial charge in [-0.25, -0.2) is 0 Å². The average Bonchev–Trinajstić information content (AvgIpc) is 2.89. The third-order valence-electron chi connectivity index (χ3n) is 3.95. The van der Waals surface area contributed by atoms with Crippen LogP contribution in [0.5, 0.6) is 0 Å². The van der Waals surface area contributed by atoms with Gasteiger partial charge in [-0.15, -0.1) is 11.3 Å². The Morgan fingerprint density at radius 3 is 2.08 bits per heavy atom. The molecule has 0 aliphatic carbocycles. The standard InChI is InChI=1S/C20H24N2OS/c1-19(2,3)14-9-7-13(8-10-14)17(23)22-18-15(11-21)16(12-24-18)20(4,5)6/h7-10,12H,1-6H3,(H,22,23). The fraction of sp³-hybridized carbons (Fsp3) is 0.400. The predicted molar refractivity (Wildman–Crippen MR) is 101 cm³/mol. The second-order valence-electron chi connectivity index (χ2n) is 8.00. The molecule has 0 fully saturated rings. The Labute approximate surface area is 148 Å². The van der Waals surface area contributed by atoms with Gasteiger partial charge in [-0.05, 0) is 39.5 Å². The Morgan fingerprint density at radius 1 is 1.04 bits per heavy atom. The van der Waals surface area contributed by atoms with Crippen LogP contribution in [0.2, 0.25) is 0 Å². The van der Waals surface area contributed by atoms with Crippen molar-refractivity contribution in [1.82, 2.24) is 0 Å². The van der Waals surface area contributed by atoms with E-state index >= 15 is 0 Å². The van der Waals surface area contributed by atoms with E-state index < -0.39 is 0 Å². The third-order valence-corrected chi connectivity index (χ3v) is 4.85. The summed E-state index contributed by atoms with van der Waals surface area (Å²) < 4.78 is 0. The molecule has 0 unspecified atom stereocenters. The highest BCUT2D eigenvalue weighted by molar-refractivity contribution is 7.14. The van der Waals surface area contributed by atoms with Gasteiger partial charge in [0.15, 0.2) is 0 Å². The van der Waals surface area contributed by atoms with Gasteiger partial charge in [0.25, 0.3) is 5.91 Å². The molecule has 0 saturated carbocycles. The zero-order valence-electron chi connectivity index (χ0n) is 15.2. The van der Waals surface area contributed by atoms with E-state index in [1.54, 1.807) is 0 Å². The van der Waals surface area contributed by atoms with Gasteiger partial charge >= 0.3 is 0 Å². The summed E-state index contributed by atoms with van der Waals surface area (Å²) in [7, 11) is 0. The van der Waals surface area contributed by atoms with Crippen molar-refractivity contribution in [1.29, 1.82) is 5.26 Å². The second kappa shape index (κ2) is 6.41. The van der Waals surface area contributed by atoms with Crippen molar-refractivity contribution in [2.45, 2.75) is 52.4 Å². The van der Waals surface area contributed by atoms with Gasteiger partial charge in [0.2, 0.25) is 0 Å². The maximum absolute atomic E-state index is 12.5. The van der Waals surface area contributed by atoms with Crippen molar-refractivity contribution < 1.29 is 4.79 Å².